The molecule has 1 heterocycles. The molecule has 0 saturated carbocycles. The Hall–Kier alpha value is -3.14. The van der Waals surface area contributed by atoms with Crippen molar-refractivity contribution in [3.63, 3.8) is 0 Å². The minimum absolute atomic E-state index is 0.0242. The number of hydrogen-bond donors (Lipinski definition) is 3. The average Bonchev–Trinajstić information content (AvgIpc) is 2.81. The molecule has 3 N–H and O–H groups in total. The first-order valence-corrected chi connectivity index (χ1v) is 11.6. The van der Waals surface area contributed by atoms with Gasteiger partial charge in [-0.05, 0) is 64.5 Å². The summed E-state index contributed by atoms with van der Waals surface area (Å²) in [5.41, 5.74) is 1.11. The minimum Gasteiger partial charge on any atom is -0.355 e. The number of aromatic nitrogens is 2. The van der Waals surface area contributed by atoms with Gasteiger partial charge in [-0.15, -0.1) is 0 Å². The van der Waals surface area contributed by atoms with Gasteiger partial charge < -0.3 is 16.0 Å². The van der Waals surface area contributed by atoms with E-state index in [1.165, 1.54) is 24.7 Å². The molecule has 0 bridgehead atoms. The Balaban J connectivity index is 1.97. The van der Waals surface area contributed by atoms with E-state index in [1.807, 2.05) is 18.2 Å². The van der Waals surface area contributed by atoms with Crippen LogP contribution in [0.25, 0.3) is 0 Å². The number of halogens is 4. The maximum atomic E-state index is 13.7. The Labute approximate surface area is 204 Å². The van der Waals surface area contributed by atoms with Crippen LogP contribution in [0.4, 0.5) is 36.3 Å². The van der Waals surface area contributed by atoms with Gasteiger partial charge in [0.15, 0.2) is 0 Å². The third-order valence-corrected chi connectivity index (χ3v) is 6.10. The lowest BCUT2D eigenvalue weighted by Gasteiger charge is -2.17. The quantitative estimate of drug-likeness (QED) is 0.289. The first-order chi connectivity index (χ1) is 16.2. The minimum atomic E-state index is -4.69. The number of rotatable bonds is 8. The first-order valence-electron chi connectivity index (χ1n) is 10.8. The summed E-state index contributed by atoms with van der Waals surface area (Å²) in [6.45, 7) is 4.25. The van der Waals surface area contributed by atoms with Crippen molar-refractivity contribution in [1.82, 2.24) is 15.3 Å². The van der Waals surface area contributed by atoms with E-state index in [9.17, 15) is 18.0 Å². The number of carbonyl (C=O) groups excluding carboxylic acids is 1. The van der Waals surface area contributed by atoms with E-state index in [0.717, 1.165) is 17.3 Å². The van der Waals surface area contributed by atoms with Gasteiger partial charge in [-0.2, -0.15) is 18.2 Å². The Morgan fingerprint density at radius 2 is 1.76 bits per heavy atom. The van der Waals surface area contributed by atoms with Gasteiger partial charge in [-0.1, -0.05) is 32.0 Å². The molecule has 3 aromatic rings. The molecule has 0 fully saturated rings. The fraction of sp³-hybridized carbons (Fsp3) is 0.292. The number of benzene rings is 2. The van der Waals surface area contributed by atoms with Gasteiger partial charge in [-0.25, -0.2) is 4.98 Å². The number of anilines is 4. The average molecular weight is 536 g/mol. The Morgan fingerprint density at radius 3 is 2.38 bits per heavy atom. The molecular formula is C24H25BrF3N5O. The van der Waals surface area contributed by atoms with Crippen molar-refractivity contribution in [1.29, 1.82) is 0 Å². The maximum Gasteiger partial charge on any atom is 0.421 e. The van der Waals surface area contributed by atoms with Crippen LogP contribution in [0.15, 0.2) is 53.1 Å². The van der Waals surface area contributed by atoms with Crippen LogP contribution in [0.5, 0.6) is 0 Å². The van der Waals surface area contributed by atoms with Crippen LogP contribution in [0.1, 0.15) is 54.1 Å². The summed E-state index contributed by atoms with van der Waals surface area (Å²) in [5.74, 6) is -0.510. The second-order valence-corrected chi connectivity index (χ2v) is 8.44. The molecule has 3 rings (SSSR count). The van der Waals surface area contributed by atoms with Crippen molar-refractivity contribution in [2.75, 3.05) is 17.7 Å². The maximum absolute atomic E-state index is 13.7. The van der Waals surface area contributed by atoms with Crippen molar-refractivity contribution < 1.29 is 18.0 Å². The van der Waals surface area contributed by atoms with Crippen molar-refractivity contribution in [3.8, 4) is 0 Å². The van der Waals surface area contributed by atoms with Crippen LogP contribution >= 0.6 is 15.9 Å². The smallest absolute Gasteiger partial charge is 0.355 e. The lowest BCUT2D eigenvalue weighted by molar-refractivity contribution is -0.137. The van der Waals surface area contributed by atoms with Gasteiger partial charge >= 0.3 is 6.18 Å². The highest BCUT2D eigenvalue weighted by Crippen LogP contribution is 2.37. The predicted octanol–water partition coefficient (Wildman–Crippen LogP) is 7.01. The van der Waals surface area contributed by atoms with E-state index >= 15 is 0 Å². The highest BCUT2D eigenvalue weighted by atomic mass is 79.9. The Bertz CT molecular complexity index is 1170. The molecule has 0 saturated heterocycles. The van der Waals surface area contributed by atoms with Crippen LogP contribution in [-0.4, -0.2) is 22.9 Å². The normalized spacial score (nSPS) is 11.4. The van der Waals surface area contributed by atoms with E-state index in [2.05, 4.69) is 55.7 Å². The highest BCUT2D eigenvalue weighted by molar-refractivity contribution is 9.10. The lowest BCUT2D eigenvalue weighted by Crippen LogP contribution is -2.20. The SMILES string of the molecule is CCC(CC)c1ccc(Nc2ncc(C(F)(F)F)c(Nc3ccccc3C(=O)NC)n2)c(Br)c1. The topological polar surface area (TPSA) is 78.9 Å². The van der Waals surface area contributed by atoms with Crippen molar-refractivity contribution in [3.05, 3.63) is 69.8 Å². The Morgan fingerprint density at radius 1 is 1.06 bits per heavy atom. The number of alkyl halides is 3. The lowest BCUT2D eigenvalue weighted by atomic mass is 9.94. The number of nitrogens with zero attached hydrogens (tertiary/aromatic N) is 2. The zero-order chi connectivity index (χ0) is 24.9. The predicted molar refractivity (Wildman–Crippen MR) is 131 cm³/mol. The summed E-state index contributed by atoms with van der Waals surface area (Å²) in [6.07, 6.45) is -1.97. The fourth-order valence-electron chi connectivity index (χ4n) is 3.56. The fourth-order valence-corrected chi connectivity index (χ4v) is 4.06. The van der Waals surface area contributed by atoms with Gasteiger partial charge in [0.05, 0.1) is 16.9 Å². The summed E-state index contributed by atoms with van der Waals surface area (Å²) in [4.78, 5) is 20.1. The van der Waals surface area contributed by atoms with Gasteiger partial charge in [0.2, 0.25) is 5.95 Å². The number of amides is 1. The molecule has 0 aliphatic rings. The number of carbonyl (C=O) groups is 1. The highest BCUT2D eigenvalue weighted by Gasteiger charge is 2.35. The Kier molecular flexibility index (Phi) is 8.14. The molecule has 34 heavy (non-hydrogen) atoms. The van der Waals surface area contributed by atoms with E-state index in [1.54, 1.807) is 12.1 Å². The molecule has 0 spiro atoms. The second kappa shape index (κ2) is 10.9. The van der Waals surface area contributed by atoms with Crippen LogP contribution in [0.3, 0.4) is 0 Å². The van der Waals surface area contributed by atoms with Gasteiger partial charge in [-0.3, -0.25) is 4.79 Å². The van der Waals surface area contributed by atoms with Gasteiger partial charge in [0.25, 0.3) is 5.91 Å². The molecule has 1 aromatic heterocycles. The molecule has 180 valence electrons. The van der Waals surface area contributed by atoms with E-state index in [4.69, 9.17) is 0 Å². The second-order valence-electron chi connectivity index (χ2n) is 7.58. The van der Waals surface area contributed by atoms with Crippen molar-refractivity contribution >= 4 is 45.0 Å². The first kappa shape index (κ1) is 25.5. The summed E-state index contributed by atoms with van der Waals surface area (Å²) >= 11 is 3.53. The molecule has 2 aromatic carbocycles. The van der Waals surface area contributed by atoms with Crippen LogP contribution in [0, 0.1) is 0 Å². The standard InChI is InChI=1S/C24H25BrF3N5O/c1-4-14(5-2)15-10-11-20(18(25)12-15)32-23-30-13-17(24(26,27)28)21(33-23)31-19-9-7-6-8-16(19)22(34)29-3/h6-14H,4-5H2,1-3H3,(H,29,34)(H2,30,31,32,33). The molecule has 0 aliphatic carbocycles. The zero-order valence-electron chi connectivity index (χ0n) is 18.9. The van der Waals surface area contributed by atoms with E-state index < -0.39 is 23.5 Å². The number of nitrogens with one attached hydrogen (secondary N) is 3. The van der Waals surface area contributed by atoms with E-state index in [0.29, 0.717) is 17.8 Å². The third kappa shape index (κ3) is 5.85. The van der Waals surface area contributed by atoms with Crippen molar-refractivity contribution in [2.24, 2.45) is 0 Å². The molecular weight excluding hydrogens is 511 g/mol. The summed E-state index contributed by atoms with van der Waals surface area (Å²) in [7, 11) is 1.44. The van der Waals surface area contributed by atoms with Crippen LogP contribution < -0.4 is 16.0 Å². The van der Waals surface area contributed by atoms with Crippen LogP contribution in [-0.2, 0) is 6.18 Å². The molecule has 0 unspecified atom stereocenters. The number of hydrogen-bond acceptors (Lipinski definition) is 5. The largest absolute Gasteiger partial charge is 0.421 e. The monoisotopic (exact) mass is 535 g/mol. The summed E-state index contributed by atoms with van der Waals surface area (Å²) < 4.78 is 41.7. The van der Waals surface area contributed by atoms with Gasteiger partial charge in [0.1, 0.15) is 11.4 Å². The third-order valence-electron chi connectivity index (χ3n) is 5.44. The molecule has 0 aliphatic heterocycles. The molecule has 10 heteroatoms. The molecule has 0 atom stereocenters. The molecule has 0 radical (unpaired) electrons. The zero-order valence-corrected chi connectivity index (χ0v) is 20.5. The summed E-state index contributed by atoms with van der Waals surface area (Å²) in [5, 5.41) is 8.10. The van der Waals surface area contributed by atoms with Gasteiger partial charge in [0, 0.05) is 17.7 Å². The molecule has 6 nitrogen and oxygen atoms in total. The number of para-hydroxylation sites is 1. The van der Waals surface area contributed by atoms with Crippen molar-refractivity contribution in [2.45, 2.75) is 38.8 Å². The molecule has 1 amide bonds. The van der Waals surface area contributed by atoms with E-state index in [-0.39, 0.29) is 17.2 Å². The summed E-state index contributed by atoms with van der Waals surface area (Å²) in [6, 6.07) is 12.1. The van der Waals surface area contributed by atoms with Crippen LogP contribution in [0.2, 0.25) is 0 Å².